The molecule has 3 heterocycles. The van der Waals surface area contributed by atoms with Crippen LogP contribution in [0.5, 0.6) is 0 Å². The Morgan fingerprint density at radius 2 is 1.83 bits per heavy atom. The Hall–Kier alpha value is -4.80. The number of halogens is 3. The molecule has 5 aromatic rings. The number of hydrogen-bond donors (Lipinski definition) is 3. The predicted octanol–water partition coefficient (Wildman–Crippen LogP) is 5.74. The van der Waals surface area contributed by atoms with E-state index >= 15 is 0 Å². The molecule has 0 spiro atoms. The maximum Gasteiger partial charge on any atom is 0.416 e. The molecule has 5 rings (SSSR count). The van der Waals surface area contributed by atoms with E-state index in [1.807, 2.05) is 13.0 Å². The molecule has 3 aromatic heterocycles. The van der Waals surface area contributed by atoms with Crippen molar-refractivity contribution in [3.05, 3.63) is 90.1 Å². The van der Waals surface area contributed by atoms with Gasteiger partial charge in [0.05, 0.1) is 11.9 Å². The normalized spacial score (nSPS) is 11.4. The van der Waals surface area contributed by atoms with E-state index in [0.717, 1.165) is 17.7 Å². The van der Waals surface area contributed by atoms with Crippen molar-refractivity contribution >= 4 is 34.3 Å². The monoisotopic (exact) mass is 489 g/mol. The maximum absolute atomic E-state index is 13.0. The van der Waals surface area contributed by atoms with E-state index in [2.05, 4.69) is 35.6 Å². The molecule has 0 fully saturated rings. The van der Waals surface area contributed by atoms with Crippen molar-refractivity contribution < 1.29 is 18.0 Å². The van der Waals surface area contributed by atoms with Gasteiger partial charge < -0.3 is 15.6 Å². The Bertz CT molecular complexity index is 1580. The lowest BCUT2D eigenvalue weighted by Crippen LogP contribution is -2.14. The first-order valence-electron chi connectivity index (χ1n) is 10.8. The summed E-state index contributed by atoms with van der Waals surface area (Å²) in [4.78, 5) is 32.8. The molecule has 0 aliphatic heterocycles. The van der Waals surface area contributed by atoms with Gasteiger partial charge in [0.2, 0.25) is 0 Å². The van der Waals surface area contributed by atoms with Crippen molar-refractivity contribution in [3.63, 3.8) is 0 Å². The third-order valence-electron chi connectivity index (χ3n) is 5.49. The van der Waals surface area contributed by atoms with Crippen molar-refractivity contribution in [2.75, 3.05) is 10.6 Å². The van der Waals surface area contributed by atoms with Crippen LogP contribution in [0.15, 0.2) is 73.4 Å². The minimum absolute atomic E-state index is 0.0979. The number of carbonyl (C=O) groups is 1. The summed E-state index contributed by atoms with van der Waals surface area (Å²) in [5, 5.41) is 5.93. The average Bonchev–Trinajstić information content (AvgIpc) is 3.35. The molecule has 0 aliphatic rings. The fourth-order valence-electron chi connectivity index (χ4n) is 3.67. The predicted molar refractivity (Wildman–Crippen MR) is 129 cm³/mol. The number of amides is 1. The van der Waals surface area contributed by atoms with Crippen LogP contribution >= 0.6 is 0 Å². The van der Waals surface area contributed by atoms with Gasteiger partial charge in [-0.05, 0) is 55.0 Å². The molecule has 0 radical (unpaired) electrons. The number of pyridine rings is 1. The maximum atomic E-state index is 13.0. The van der Waals surface area contributed by atoms with Crippen LogP contribution in [-0.4, -0.2) is 30.8 Å². The summed E-state index contributed by atoms with van der Waals surface area (Å²) in [5.41, 5.74) is 3.41. The van der Waals surface area contributed by atoms with Gasteiger partial charge in [0.1, 0.15) is 23.4 Å². The molecule has 2 aromatic carbocycles. The van der Waals surface area contributed by atoms with E-state index in [-0.39, 0.29) is 5.56 Å². The zero-order chi connectivity index (χ0) is 25.3. The number of nitrogens with zero attached hydrogens (tertiary/aromatic N) is 4. The highest BCUT2D eigenvalue weighted by Crippen LogP contribution is 2.33. The smallest absolute Gasteiger partial charge is 0.341 e. The van der Waals surface area contributed by atoms with Gasteiger partial charge in [-0.25, -0.2) is 19.9 Å². The van der Waals surface area contributed by atoms with Gasteiger partial charge in [-0.15, -0.1) is 0 Å². The van der Waals surface area contributed by atoms with Gasteiger partial charge in [-0.2, -0.15) is 13.2 Å². The molecule has 8 nitrogen and oxygen atoms in total. The van der Waals surface area contributed by atoms with E-state index in [4.69, 9.17) is 0 Å². The van der Waals surface area contributed by atoms with Crippen LogP contribution in [0, 0.1) is 6.92 Å². The summed E-state index contributed by atoms with van der Waals surface area (Å²) < 4.78 is 39.1. The highest BCUT2D eigenvalue weighted by molar-refractivity contribution is 6.04. The van der Waals surface area contributed by atoms with Crippen molar-refractivity contribution in [2.45, 2.75) is 13.1 Å². The standard InChI is InChI=1S/C25H18F3N7O/c1-14-7-8-17(34-24(36)15-4-2-5-16(10-15)25(26,27)28)11-19(14)35-22-18(6-3-9-29-22)20-21-23(32-12-30-20)33-13-31-21/h2-13H,1H3,(H,29,35)(H,34,36)(H,30,31,32,33). The van der Waals surface area contributed by atoms with Gasteiger partial charge in [-0.1, -0.05) is 12.1 Å². The Kier molecular flexibility index (Phi) is 5.80. The number of H-pyrrole nitrogens is 1. The molecular weight excluding hydrogens is 471 g/mol. The second-order valence-corrected chi connectivity index (χ2v) is 7.91. The highest BCUT2D eigenvalue weighted by atomic mass is 19.4. The third kappa shape index (κ3) is 4.58. The number of rotatable bonds is 5. The minimum Gasteiger partial charge on any atom is -0.341 e. The lowest BCUT2D eigenvalue weighted by atomic mass is 10.1. The van der Waals surface area contributed by atoms with Gasteiger partial charge in [-0.3, -0.25) is 4.79 Å². The molecule has 0 aliphatic carbocycles. The first-order chi connectivity index (χ1) is 17.3. The number of nitrogens with one attached hydrogen (secondary N) is 3. The van der Waals surface area contributed by atoms with Crippen LogP contribution in [-0.2, 0) is 6.18 Å². The van der Waals surface area contributed by atoms with E-state index < -0.39 is 17.6 Å². The molecule has 3 N–H and O–H groups in total. The van der Waals surface area contributed by atoms with Crippen LogP contribution in [0.4, 0.5) is 30.4 Å². The number of aromatic amines is 1. The Morgan fingerprint density at radius 3 is 2.67 bits per heavy atom. The number of aromatic nitrogens is 5. The van der Waals surface area contributed by atoms with Gasteiger partial charge >= 0.3 is 6.18 Å². The molecule has 180 valence electrons. The summed E-state index contributed by atoms with van der Waals surface area (Å²) >= 11 is 0. The molecule has 0 bridgehead atoms. The topological polar surface area (TPSA) is 108 Å². The SMILES string of the molecule is Cc1ccc(NC(=O)c2cccc(C(F)(F)F)c2)cc1Nc1ncccc1-c1ncnc2nc[nH]c12. The third-order valence-corrected chi connectivity index (χ3v) is 5.49. The Labute approximate surface area is 202 Å². The number of hydrogen-bond acceptors (Lipinski definition) is 6. The van der Waals surface area contributed by atoms with Crippen LogP contribution in [0.1, 0.15) is 21.5 Å². The van der Waals surface area contributed by atoms with Gasteiger partial charge in [0.25, 0.3) is 5.91 Å². The summed E-state index contributed by atoms with van der Waals surface area (Å²) in [7, 11) is 0. The summed E-state index contributed by atoms with van der Waals surface area (Å²) in [6.45, 7) is 1.88. The van der Waals surface area contributed by atoms with Crippen LogP contribution in [0.3, 0.4) is 0 Å². The zero-order valence-corrected chi connectivity index (χ0v) is 18.8. The molecule has 36 heavy (non-hydrogen) atoms. The molecule has 1 amide bonds. The summed E-state index contributed by atoms with van der Waals surface area (Å²) in [5.74, 6) is -0.145. The molecular formula is C25H18F3N7O. The molecule has 0 saturated carbocycles. The molecule has 0 saturated heterocycles. The fourth-order valence-corrected chi connectivity index (χ4v) is 3.67. The Balaban J connectivity index is 1.43. The average molecular weight is 489 g/mol. The van der Waals surface area contributed by atoms with Crippen molar-refractivity contribution in [1.82, 2.24) is 24.9 Å². The number of anilines is 3. The van der Waals surface area contributed by atoms with E-state index in [1.165, 1.54) is 24.8 Å². The second kappa shape index (κ2) is 9.10. The number of imidazole rings is 1. The van der Waals surface area contributed by atoms with E-state index in [9.17, 15) is 18.0 Å². The molecule has 11 heteroatoms. The lowest BCUT2D eigenvalue weighted by Gasteiger charge is -2.15. The van der Waals surface area contributed by atoms with Crippen molar-refractivity contribution in [3.8, 4) is 11.3 Å². The molecule has 0 atom stereocenters. The zero-order valence-electron chi connectivity index (χ0n) is 18.8. The van der Waals surface area contributed by atoms with Crippen LogP contribution in [0.25, 0.3) is 22.4 Å². The van der Waals surface area contributed by atoms with E-state index in [1.54, 1.807) is 30.5 Å². The minimum atomic E-state index is -4.54. The second-order valence-electron chi connectivity index (χ2n) is 7.91. The first-order valence-corrected chi connectivity index (χ1v) is 10.8. The Morgan fingerprint density at radius 1 is 0.972 bits per heavy atom. The summed E-state index contributed by atoms with van der Waals surface area (Å²) in [6, 6.07) is 13.0. The number of fused-ring (bicyclic) bond motifs is 1. The van der Waals surface area contributed by atoms with Gasteiger partial charge in [0.15, 0.2) is 5.65 Å². The number of aryl methyl sites for hydroxylation is 1. The van der Waals surface area contributed by atoms with E-state index in [0.29, 0.717) is 39.6 Å². The number of alkyl halides is 3. The quantitative estimate of drug-likeness (QED) is 0.291. The fraction of sp³-hybridized carbons (Fsp3) is 0.0800. The number of carbonyl (C=O) groups excluding carboxylic acids is 1. The van der Waals surface area contributed by atoms with Gasteiger partial charge in [0, 0.05) is 28.7 Å². The number of benzene rings is 2. The highest BCUT2D eigenvalue weighted by Gasteiger charge is 2.30. The lowest BCUT2D eigenvalue weighted by molar-refractivity contribution is -0.137. The summed E-state index contributed by atoms with van der Waals surface area (Å²) in [6.07, 6.45) is 0.0480. The largest absolute Gasteiger partial charge is 0.416 e. The van der Waals surface area contributed by atoms with Crippen LogP contribution in [0.2, 0.25) is 0 Å². The van der Waals surface area contributed by atoms with Crippen molar-refractivity contribution in [1.29, 1.82) is 0 Å². The van der Waals surface area contributed by atoms with Crippen LogP contribution < -0.4 is 10.6 Å². The van der Waals surface area contributed by atoms with Crippen molar-refractivity contribution in [2.24, 2.45) is 0 Å². The molecule has 0 unspecified atom stereocenters. The first kappa shape index (κ1) is 23.0.